The van der Waals surface area contributed by atoms with Gasteiger partial charge in [0, 0.05) is 19.6 Å². The monoisotopic (exact) mass is 306 g/mol. The average molecular weight is 306 g/mol. The van der Waals surface area contributed by atoms with Gasteiger partial charge in [0.15, 0.2) is 0 Å². The van der Waals surface area contributed by atoms with Gasteiger partial charge in [0.1, 0.15) is 0 Å². The third kappa shape index (κ3) is 4.17. The Morgan fingerprint density at radius 1 is 1.35 bits per heavy atom. The summed E-state index contributed by atoms with van der Waals surface area (Å²) in [5.41, 5.74) is -0.751. The van der Waals surface area contributed by atoms with E-state index < -0.39 is 21.6 Å². The predicted octanol–water partition coefficient (Wildman–Crippen LogP) is 1.44. The molecular formula is C13H26N2O4S. The van der Waals surface area contributed by atoms with E-state index in [1.54, 1.807) is 0 Å². The fourth-order valence-corrected chi connectivity index (χ4v) is 3.96. The number of aliphatic carboxylic acids is 1. The summed E-state index contributed by atoms with van der Waals surface area (Å²) in [6.07, 6.45) is 2.18. The van der Waals surface area contributed by atoms with Crippen molar-refractivity contribution >= 4 is 16.2 Å². The summed E-state index contributed by atoms with van der Waals surface area (Å²) in [6.45, 7) is 6.79. The van der Waals surface area contributed by atoms with Gasteiger partial charge in [0.25, 0.3) is 10.2 Å². The van der Waals surface area contributed by atoms with Crippen LogP contribution in [-0.4, -0.2) is 43.4 Å². The molecule has 1 saturated heterocycles. The van der Waals surface area contributed by atoms with E-state index in [0.29, 0.717) is 25.8 Å². The lowest BCUT2D eigenvalue weighted by atomic mass is 9.75. The summed E-state index contributed by atoms with van der Waals surface area (Å²) < 4.78 is 28.1. The minimum Gasteiger partial charge on any atom is -0.481 e. The Hall–Kier alpha value is -0.660. The molecular weight excluding hydrogens is 280 g/mol. The van der Waals surface area contributed by atoms with Gasteiger partial charge in [-0.05, 0) is 25.2 Å². The second-order valence-electron chi connectivity index (χ2n) is 5.98. The number of carboxylic acids is 1. The number of hydrogen-bond donors (Lipinski definition) is 2. The van der Waals surface area contributed by atoms with Crippen LogP contribution in [0.5, 0.6) is 0 Å². The first kappa shape index (κ1) is 17.4. The second-order valence-corrected chi connectivity index (χ2v) is 7.74. The van der Waals surface area contributed by atoms with E-state index in [1.807, 2.05) is 20.8 Å². The SMILES string of the molecule is CCCC1(C(=O)O)CCN(S(=O)(=O)NCC(C)C)CC1. The van der Waals surface area contributed by atoms with Crippen LogP contribution in [0.3, 0.4) is 0 Å². The van der Waals surface area contributed by atoms with E-state index in [1.165, 1.54) is 4.31 Å². The molecule has 0 spiro atoms. The maximum Gasteiger partial charge on any atom is 0.309 e. The van der Waals surface area contributed by atoms with Crippen LogP contribution >= 0.6 is 0 Å². The minimum absolute atomic E-state index is 0.243. The fourth-order valence-electron chi connectivity index (χ4n) is 2.57. The molecule has 0 aromatic heterocycles. The van der Waals surface area contributed by atoms with E-state index in [2.05, 4.69) is 4.72 Å². The summed E-state index contributed by atoms with van der Waals surface area (Å²) in [4.78, 5) is 11.5. The summed E-state index contributed by atoms with van der Waals surface area (Å²) in [7, 11) is -3.48. The molecule has 1 aliphatic rings. The van der Waals surface area contributed by atoms with Crippen molar-refractivity contribution in [3.05, 3.63) is 0 Å². The van der Waals surface area contributed by atoms with E-state index in [9.17, 15) is 18.3 Å². The van der Waals surface area contributed by atoms with Gasteiger partial charge in [-0.1, -0.05) is 27.2 Å². The molecule has 6 nitrogen and oxygen atoms in total. The summed E-state index contributed by atoms with van der Waals surface area (Å²) >= 11 is 0. The van der Waals surface area contributed by atoms with Crippen molar-refractivity contribution in [3.63, 3.8) is 0 Å². The lowest BCUT2D eigenvalue weighted by molar-refractivity contribution is -0.152. The molecule has 7 heteroatoms. The molecule has 0 aromatic carbocycles. The molecule has 0 aliphatic carbocycles. The van der Waals surface area contributed by atoms with Crippen molar-refractivity contribution in [1.29, 1.82) is 0 Å². The lowest BCUT2D eigenvalue weighted by Crippen LogP contribution is -2.50. The molecule has 0 unspecified atom stereocenters. The molecule has 0 aromatic rings. The molecule has 0 amide bonds. The number of rotatable bonds is 7. The van der Waals surface area contributed by atoms with Crippen molar-refractivity contribution in [2.75, 3.05) is 19.6 Å². The zero-order valence-electron chi connectivity index (χ0n) is 12.6. The number of carbonyl (C=O) groups is 1. The maximum atomic E-state index is 12.1. The van der Waals surface area contributed by atoms with Crippen LogP contribution < -0.4 is 4.72 Å². The zero-order chi connectivity index (χ0) is 15.4. The molecule has 0 atom stereocenters. The Kier molecular flexibility index (Phi) is 5.97. The van der Waals surface area contributed by atoms with E-state index in [-0.39, 0.29) is 19.0 Å². The highest BCUT2D eigenvalue weighted by Gasteiger charge is 2.42. The Morgan fingerprint density at radius 2 is 1.90 bits per heavy atom. The zero-order valence-corrected chi connectivity index (χ0v) is 13.4. The average Bonchev–Trinajstić information content (AvgIpc) is 2.37. The molecule has 118 valence electrons. The number of nitrogens with one attached hydrogen (secondary N) is 1. The van der Waals surface area contributed by atoms with Gasteiger partial charge in [-0.2, -0.15) is 12.7 Å². The molecule has 1 heterocycles. The molecule has 2 N–H and O–H groups in total. The Labute approximate surface area is 121 Å². The molecule has 0 radical (unpaired) electrons. The van der Waals surface area contributed by atoms with Crippen LogP contribution in [0.4, 0.5) is 0 Å². The van der Waals surface area contributed by atoms with Gasteiger partial charge in [-0.3, -0.25) is 4.79 Å². The van der Waals surface area contributed by atoms with Gasteiger partial charge in [-0.25, -0.2) is 4.72 Å². The first-order valence-corrected chi connectivity index (χ1v) is 8.65. The van der Waals surface area contributed by atoms with Crippen molar-refractivity contribution in [1.82, 2.24) is 9.03 Å². The standard InChI is InChI=1S/C13H26N2O4S/c1-4-5-13(12(16)17)6-8-15(9-7-13)20(18,19)14-10-11(2)3/h11,14H,4-10H2,1-3H3,(H,16,17). The first-order valence-electron chi connectivity index (χ1n) is 7.21. The highest BCUT2D eigenvalue weighted by atomic mass is 32.2. The predicted molar refractivity (Wildman–Crippen MR) is 77.5 cm³/mol. The van der Waals surface area contributed by atoms with Gasteiger partial charge >= 0.3 is 5.97 Å². The Balaban J connectivity index is 2.67. The van der Waals surface area contributed by atoms with Crippen molar-refractivity contribution < 1.29 is 18.3 Å². The van der Waals surface area contributed by atoms with Gasteiger partial charge in [0.2, 0.25) is 0 Å². The lowest BCUT2D eigenvalue weighted by Gasteiger charge is -2.38. The fraction of sp³-hybridized carbons (Fsp3) is 0.923. The largest absolute Gasteiger partial charge is 0.481 e. The highest BCUT2D eigenvalue weighted by molar-refractivity contribution is 7.87. The molecule has 0 bridgehead atoms. The third-order valence-electron chi connectivity index (χ3n) is 3.88. The molecule has 1 rings (SSSR count). The van der Waals surface area contributed by atoms with E-state index in [4.69, 9.17) is 0 Å². The smallest absolute Gasteiger partial charge is 0.309 e. The Bertz CT molecular complexity index is 426. The molecule has 0 saturated carbocycles. The second kappa shape index (κ2) is 6.87. The highest BCUT2D eigenvalue weighted by Crippen LogP contribution is 2.37. The first-order chi connectivity index (χ1) is 9.23. The van der Waals surface area contributed by atoms with Crippen LogP contribution in [0.2, 0.25) is 0 Å². The Morgan fingerprint density at radius 3 is 2.30 bits per heavy atom. The van der Waals surface area contributed by atoms with E-state index >= 15 is 0 Å². The van der Waals surface area contributed by atoms with Crippen molar-refractivity contribution in [3.8, 4) is 0 Å². The van der Waals surface area contributed by atoms with Gasteiger partial charge in [0.05, 0.1) is 5.41 Å². The minimum atomic E-state index is -3.48. The van der Waals surface area contributed by atoms with Gasteiger partial charge < -0.3 is 5.11 Å². The van der Waals surface area contributed by atoms with Crippen LogP contribution in [0.15, 0.2) is 0 Å². The maximum absolute atomic E-state index is 12.1. The summed E-state index contributed by atoms with van der Waals surface area (Å²) in [6, 6.07) is 0. The van der Waals surface area contributed by atoms with Crippen LogP contribution in [0.25, 0.3) is 0 Å². The van der Waals surface area contributed by atoms with Crippen LogP contribution in [0, 0.1) is 11.3 Å². The number of hydrogen-bond acceptors (Lipinski definition) is 3. The van der Waals surface area contributed by atoms with Gasteiger partial charge in [-0.15, -0.1) is 0 Å². The third-order valence-corrected chi connectivity index (χ3v) is 5.45. The molecule has 1 aliphatic heterocycles. The van der Waals surface area contributed by atoms with E-state index in [0.717, 1.165) is 6.42 Å². The molecule has 1 fully saturated rings. The normalized spacial score (nSPS) is 20.2. The topological polar surface area (TPSA) is 86.7 Å². The summed E-state index contributed by atoms with van der Waals surface area (Å²) in [5, 5.41) is 9.40. The van der Waals surface area contributed by atoms with Crippen molar-refractivity contribution in [2.24, 2.45) is 11.3 Å². The molecule has 20 heavy (non-hydrogen) atoms. The number of carboxylic acid groups (broad SMARTS) is 1. The summed E-state index contributed by atoms with van der Waals surface area (Å²) in [5.74, 6) is -0.556. The van der Waals surface area contributed by atoms with Crippen LogP contribution in [0.1, 0.15) is 46.5 Å². The quantitative estimate of drug-likeness (QED) is 0.745. The number of piperidine rings is 1. The van der Waals surface area contributed by atoms with Crippen LogP contribution in [-0.2, 0) is 15.0 Å². The van der Waals surface area contributed by atoms with Crippen molar-refractivity contribution in [2.45, 2.75) is 46.5 Å². The number of nitrogens with zero attached hydrogens (tertiary/aromatic N) is 1.